The minimum absolute atomic E-state index is 0.0183. The average Bonchev–Trinajstić information content (AvgIpc) is 2.57. The lowest BCUT2D eigenvalue weighted by Crippen LogP contribution is -2.67. The average molecular weight is 462 g/mol. The Kier molecular flexibility index (Phi) is 7.04. The Morgan fingerprint density at radius 1 is 0.800 bits per heavy atom. The molecule has 0 saturated carbocycles. The Hall–Kier alpha value is -1.79. The summed E-state index contributed by atoms with van der Waals surface area (Å²) in [5.74, 6) is -28.7. The van der Waals surface area contributed by atoms with Crippen molar-refractivity contribution >= 4 is 0 Å². The zero-order valence-corrected chi connectivity index (χ0v) is 15.4. The maximum absolute atomic E-state index is 14.0. The normalized spacial score (nSPS) is 16.3. The molecule has 0 fully saturated rings. The van der Waals surface area contributed by atoms with E-state index in [2.05, 4.69) is 0 Å². The van der Waals surface area contributed by atoms with Crippen LogP contribution in [0.2, 0.25) is 0 Å². The van der Waals surface area contributed by atoms with Gasteiger partial charge >= 0.3 is 29.9 Å². The van der Waals surface area contributed by atoms with Crippen LogP contribution in [-0.2, 0) is 5.60 Å². The van der Waals surface area contributed by atoms with Gasteiger partial charge in [-0.25, -0.2) is 0 Å². The van der Waals surface area contributed by atoms with Crippen LogP contribution in [0.15, 0.2) is 24.3 Å². The van der Waals surface area contributed by atoms with Crippen LogP contribution in [0.25, 0.3) is 0 Å². The second kappa shape index (κ2) is 8.04. The lowest BCUT2D eigenvalue weighted by molar-refractivity contribution is -0.424. The molecule has 0 aliphatic rings. The van der Waals surface area contributed by atoms with Gasteiger partial charge in [-0.2, -0.15) is 48.3 Å². The van der Waals surface area contributed by atoms with Crippen molar-refractivity contribution in [2.24, 2.45) is 0 Å². The van der Waals surface area contributed by atoms with Crippen LogP contribution >= 0.6 is 0 Å². The molecule has 30 heavy (non-hydrogen) atoms. The lowest BCUT2D eigenvalue weighted by atomic mass is 9.84. The number of hydrogen-bond acceptors (Lipinski definition) is 2. The monoisotopic (exact) mass is 462 g/mol. The summed E-state index contributed by atoms with van der Waals surface area (Å²) >= 11 is 0. The summed E-state index contributed by atoms with van der Waals surface area (Å²) in [6.45, 7) is 2.10. The molecular formula is C17H17F11O2. The van der Waals surface area contributed by atoms with Gasteiger partial charge in [0.05, 0.1) is 18.6 Å². The second-order valence-electron chi connectivity index (χ2n) is 6.72. The standard InChI is InChI=1S/C17H17F11O2/c1-3-8-30-11-7-5-4-6-10(11)12(2,29)9-13(18,19)14(20,21)15(22,23)16(24,25)17(26,27)28/h4-7,29H,3,8-9H2,1-2H3. The molecule has 174 valence electrons. The molecule has 1 aromatic carbocycles. The van der Waals surface area contributed by atoms with Gasteiger partial charge < -0.3 is 9.84 Å². The van der Waals surface area contributed by atoms with Crippen LogP contribution in [0.4, 0.5) is 48.3 Å². The van der Waals surface area contributed by atoms with E-state index in [-0.39, 0.29) is 12.4 Å². The number of rotatable bonds is 9. The topological polar surface area (TPSA) is 29.5 Å². The molecule has 0 aliphatic carbocycles. The Balaban J connectivity index is 3.38. The van der Waals surface area contributed by atoms with E-state index < -0.39 is 47.5 Å². The quantitative estimate of drug-likeness (QED) is 0.445. The van der Waals surface area contributed by atoms with E-state index in [1.165, 1.54) is 6.07 Å². The largest absolute Gasteiger partial charge is 0.493 e. The van der Waals surface area contributed by atoms with Crippen molar-refractivity contribution in [3.63, 3.8) is 0 Å². The van der Waals surface area contributed by atoms with Crippen LogP contribution in [0, 0.1) is 0 Å². The SMILES string of the molecule is CCCOc1ccccc1C(C)(O)CC(F)(F)C(F)(F)C(F)(F)C(F)(F)C(F)(F)F. The molecule has 0 spiro atoms. The van der Waals surface area contributed by atoms with Crippen LogP contribution in [0.3, 0.4) is 0 Å². The summed E-state index contributed by atoms with van der Waals surface area (Å²) in [5.41, 5.74) is -3.65. The third-order valence-corrected chi connectivity index (χ3v) is 4.10. The molecule has 1 atom stereocenters. The van der Waals surface area contributed by atoms with Crippen molar-refractivity contribution in [1.82, 2.24) is 0 Å². The molecule has 13 heteroatoms. The Morgan fingerprint density at radius 3 is 1.77 bits per heavy atom. The van der Waals surface area contributed by atoms with Gasteiger partial charge in [-0.1, -0.05) is 25.1 Å². The van der Waals surface area contributed by atoms with Crippen LogP contribution in [-0.4, -0.2) is 41.6 Å². The first-order chi connectivity index (χ1) is 13.3. The zero-order chi connectivity index (χ0) is 23.8. The van der Waals surface area contributed by atoms with Crippen molar-refractivity contribution in [2.75, 3.05) is 6.61 Å². The van der Waals surface area contributed by atoms with E-state index in [9.17, 15) is 53.4 Å². The fourth-order valence-corrected chi connectivity index (χ4v) is 2.49. The molecule has 0 amide bonds. The maximum Gasteiger partial charge on any atom is 0.460 e. The van der Waals surface area contributed by atoms with E-state index in [1.807, 2.05) is 0 Å². The summed E-state index contributed by atoms with van der Waals surface area (Å²) in [5, 5.41) is 10.2. The number of halogens is 11. The van der Waals surface area contributed by atoms with E-state index in [0.29, 0.717) is 13.3 Å². The third kappa shape index (κ3) is 4.45. The highest BCUT2D eigenvalue weighted by Crippen LogP contribution is 2.59. The van der Waals surface area contributed by atoms with E-state index in [1.54, 1.807) is 6.92 Å². The predicted molar refractivity (Wildman–Crippen MR) is 82.3 cm³/mol. The minimum Gasteiger partial charge on any atom is -0.493 e. The first kappa shape index (κ1) is 26.2. The van der Waals surface area contributed by atoms with Crippen molar-refractivity contribution < 1.29 is 58.1 Å². The molecule has 0 saturated heterocycles. The summed E-state index contributed by atoms with van der Waals surface area (Å²) < 4.78 is 150. The summed E-state index contributed by atoms with van der Waals surface area (Å²) in [4.78, 5) is 0. The van der Waals surface area contributed by atoms with E-state index in [4.69, 9.17) is 4.74 Å². The Labute approximate surface area is 163 Å². The molecule has 1 rings (SSSR count). The second-order valence-corrected chi connectivity index (χ2v) is 6.72. The first-order valence-corrected chi connectivity index (χ1v) is 8.29. The van der Waals surface area contributed by atoms with Gasteiger partial charge in [-0.3, -0.25) is 0 Å². The third-order valence-electron chi connectivity index (χ3n) is 4.10. The summed E-state index contributed by atoms with van der Waals surface area (Å²) in [6, 6.07) is 4.49. The molecule has 0 aliphatic heterocycles. The number of para-hydroxylation sites is 1. The predicted octanol–water partition coefficient (Wildman–Crippen LogP) is 6.18. The first-order valence-electron chi connectivity index (χ1n) is 8.29. The zero-order valence-electron chi connectivity index (χ0n) is 15.4. The molecule has 1 unspecified atom stereocenters. The van der Waals surface area contributed by atoms with Crippen LogP contribution < -0.4 is 4.74 Å². The van der Waals surface area contributed by atoms with E-state index >= 15 is 0 Å². The van der Waals surface area contributed by atoms with Crippen molar-refractivity contribution in [2.45, 2.75) is 62.2 Å². The fourth-order valence-electron chi connectivity index (χ4n) is 2.49. The van der Waals surface area contributed by atoms with Gasteiger partial charge in [0.15, 0.2) is 0 Å². The molecule has 0 bridgehead atoms. The molecule has 1 aromatic rings. The highest BCUT2D eigenvalue weighted by Gasteiger charge is 2.87. The molecule has 0 aromatic heterocycles. The van der Waals surface area contributed by atoms with Gasteiger partial charge in [0.1, 0.15) is 5.75 Å². The maximum atomic E-state index is 14.0. The Bertz CT molecular complexity index is 727. The number of ether oxygens (including phenoxy) is 1. The summed E-state index contributed by atoms with van der Waals surface area (Å²) in [7, 11) is 0. The van der Waals surface area contributed by atoms with Crippen LogP contribution in [0.5, 0.6) is 5.75 Å². The van der Waals surface area contributed by atoms with E-state index in [0.717, 1.165) is 18.2 Å². The number of hydrogen-bond donors (Lipinski definition) is 1. The minimum atomic E-state index is -7.52. The number of alkyl halides is 11. The van der Waals surface area contributed by atoms with Gasteiger partial charge in [-0.05, 0) is 19.4 Å². The van der Waals surface area contributed by atoms with Crippen molar-refractivity contribution in [1.29, 1.82) is 0 Å². The van der Waals surface area contributed by atoms with Crippen LogP contribution in [0.1, 0.15) is 32.3 Å². The highest BCUT2D eigenvalue weighted by molar-refractivity contribution is 5.38. The molecule has 0 radical (unpaired) electrons. The molecule has 1 N–H and O–H groups in total. The number of benzene rings is 1. The van der Waals surface area contributed by atoms with Gasteiger partial charge in [0.2, 0.25) is 0 Å². The smallest absolute Gasteiger partial charge is 0.460 e. The molecule has 2 nitrogen and oxygen atoms in total. The van der Waals surface area contributed by atoms with Crippen molar-refractivity contribution in [3.05, 3.63) is 29.8 Å². The summed E-state index contributed by atoms with van der Waals surface area (Å²) in [6.07, 6.45) is -9.45. The highest BCUT2D eigenvalue weighted by atomic mass is 19.4. The fraction of sp³-hybridized carbons (Fsp3) is 0.647. The lowest BCUT2D eigenvalue weighted by Gasteiger charge is -2.39. The molecular weight excluding hydrogens is 445 g/mol. The van der Waals surface area contributed by atoms with Crippen molar-refractivity contribution in [3.8, 4) is 5.75 Å². The van der Waals surface area contributed by atoms with Gasteiger partial charge in [-0.15, -0.1) is 0 Å². The molecule has 0 heterocycles. The van der Waals surface area contributed by atoms with Gasteiger partial charge in [0, 0.05) is 5.56 Å². The number of aliphatic hydroxyl groups is 1. The van der Waals surface area contributed by atoms with Gasteiger partial charge in [0.25, 0.3) is 0 Å². The Morgan fingerprint density at radius 2 is 1.30 bits per heavy atom.